The minimum Gasteiger partial charge on any atom is -0.356 e. The van der Waals surface area contributed by atoms with Crippen molar-refractivity contribution in [2.75, 3.05) is 37.7 Å². The number of likely N-dealkylation sites (tertiary alicyclic amines) is 1. The van der Waals surface area contributed by atoms with Gasteiger partial charge in [0.05, 0.1) is 11.5 Å². The molecular weight excluding hydrogens is 298 g/mol. The van der Waals surface area contributed by atoms with E-state index in [9.17, 15) is 8.42 Å². The predicted molar refractivity (Wildman–Crippen MR) is 91.9 cm³/mol. The van der Waals surface area contributed by atoms with Crippen LogP contribution in [0.3, 0.4) is 0 Å². The molecule has 5 nitrogen and oxygen atoms in total. The fourth-order valence-corrected chi connectivity index (χ4v) is 5.04. The Hall–Kier alpha value is -0.780. The van der Waals surface area contributed by atoms with Crippen molar-refractivity contribution in [2.24, 2.45) is 22.7 Å². The van der Waals surface area contributed by atoms with Crippen LogP contribution in [0.5, 0.6) is 0 Å². The van der Waals surface area contributed by atoms with Crippen LogP contribution in [-0.4, -0.2) is 57.0 Å². The average molecular weight is 330 g/mol. The zero-order valence-corrected chi connectivity index (χ0v) is 15.0. The van der Waals surface area contributed by atoms with Gasteiger partial charge in [-0.1, -0.05) is 20.8 Å². The number of nitrogens with one attached hydrogen (secondary N) is 1. The molecule has 0 aromatic heterocycles. The van der Waals surface area contributed by atoms with Crippen molar-refractivity contribution in [3.63, 3.8) is 0 Å². The first-order valence-electron chi connectivity index (χ1n) is 8.65. The Morgan fingerprint density at radius 3 is 2.64 bits per heavy atom. The van der Waals surface area contributed by atoms with Crippen molar-refractivity contribution in [1.82, 2.24) is 10.2 Å². The number of hydrogen-bond donors (Lipinski definition) is 1. The van der Waals surface area contributed by atoms with E-state index < -0.39 is 9.84 Å². The molecule has 0 spiro atoms. The molecule has 0 radical (unpaired) electrons. The molecule has 2 fully saturated rings. The van der Waals surface area contributed by atoms with Crippen molar-refractivity contribution in [1.29, 1.82) is 0 Å². The van der Waals surface area contributed by atoms with E-state index in [0.29, 0.717) is 24.0 Å². The fourth-order valence-electron chi connectivity index (χ4n) is 3.19. The Morgan fingerprint density at radius 2 is 2.05 bits per heavy atom. The van der Waals surface area contributed by atoms with Crippen LogP contribution in [0.4, 0.5) is 0 Å². The third-order valence-corrected chi connectivity index (χ3v) is 6.83. The first-order chi connectivity index (χ1) is 10.4. The van der Waals surface area contributed by atoms with Gasteiger partial charge in [-0.3, -0.25) is 4.99 Å². The molecule has 128 valence electrons. The van der Waals surface area contributed by atoms with E-state index >= 15 is 0 Å². The first kappa shape index (κ1) is 17.6. The van der Waals surface area contributed by atoms with Gasteiger partial charge in [-0.15, -0.1) is 0 Å². The molecule has 2 aliphatic rings. The molecule has 2 saturated heterocycles. The maximum Gasteiger partial charge on any atom is 0.193 e. The molecule has 2 heterocycles. The van der Waals surface area contributed by atoms with Crippen molar-refractivity contribution in [3.8, 4) is 0 Å². The van der Waals surface area contributed by atoms with Crippen LogP contribution in [0, 0.1) is 17.8 Å². The zero-order chi connectivity index (χ0) is 16.2. The van der Waals surface area contributed by atoms with Gasteiger partial charge < -0.3 is 10.2 Å². The molecule has 3 unspecified atom stereocenters. The topological polar surface area (TPSA) is 61.8 Å². The summed E-state index contributed by atoms with van der Waals surface area (Å²) in [5.41, 5.74) is 0. The monoisotopic (exact) mass is 329 g/mol. The zero-order valence-electron chi connectivity index (χ0n) is 14.2. The van der Waals surface area contributed by atoms with Gasteiger partial charge in [-0.25, -0.2) is 8.42 Å². The first-order valence-corrected chi connectivity index (χ1v) is 10.5. The molecule has 0 saturated carbocycles. The molecule has 2 aliphatic heterocycles. The van der Waals surface area contributed by atoms with E-state index in [1.54, 1.807) is 0 Å². The van der Waals surface area contributed by atoms with Gasteiger partial charge in [0.1, 0.15) is 0 Å². The number of nitrogens with zero attached hydrogens (tertiary/aromatic N) is 2. The SMILES string of the molecule is CCCNC(=NCC1CCS(=O)(=O)C1)N1CCC(C)C(C)C1. The number of piperidine rings is 1. The second-order valence-electron chi connectivity index (χ2n) is 7.05. The van der Waals surface area contributed by atoms with E-state index in [1.807, 2.05) is 0 Å². The average Bonchev–Trinajstić information content (AvgIpc) is 2.82. The van der Waals surface area contributed by atoms with Crippen LogP contribution in [0.1, 0.15) is 40.0 Å². The van der Waals surface area contributed by atoms with Crippen LogP contribution < -0.4 is 5.32 Å². The highest BCUT2D eigenvalue weighted by atomic mass is 32.2. The molecule has 22 heavy (non-hydrogen) atoms. The lowest BCUT2D eigenvalue weighted by Crippen LogP contribution is -2.48. The Morgan fingerprint density at radius 1 is 1.27 bits per heavy atom. The maximum atomic E-state index is 11.6. The summed E-state index contributed by atoms with van der Waals surface area (Å²) in [7, 11) is -2.80. The molecule has 0 bridgehead atoms. The minimum atomic E-state index is -2.80. The molecule has 0 aromatic carbocycles. The lowest BCUT2D eigenvalue weighted by molar-refractivity contribution is 0.199. The van der Waals surface area contributed by atoms with Gasteiger partial charge >= 0.3 is 0 Å². The lowest BCUT2D eigenvalue weighted by atomic mass is 9.89. The Labute approximate surface area is 135 Å². The van der Waals surface area contributed by atoms with Crippen LogP contribution in [-0.2, 0) is 9.84 Å². The Bertz CT molecular complexity index is 490. The largest absolute Gasteiger partial charge is 0.356 e. The van der Waals surface area contributed by atoms with Crippen molar-refractivity contribution >= 4 is 15.8 Å². The Kier molecular flexibility index (Phi) is 6.12. The summed E-state index contributed by atoms with van der Waals surface area (Å²) < 4.78 is 23.1. The van der Waals surface area contributed by atoms with Crippen molar-refractivity contribution in [2.45, 2.75) is 40.0 Å². The third-order valence-electron chi connectivity index (χ3n) is 4.99. The van der Waals surface area contributed by atoms with Gasteiger partial charge in [-0.05, 0) is 37.0 Å². The number of aliphatic imine (C=N–C) groups is 1. The van der Waals surface area contributed by atoms with Crippen LogP contribution in [0.25, 0.3) is 0 Å². The van der Waals surface area contributed by atoms with Crippen molar-refractivity contribution in [3.05, 3.63) is 0 Å². The molecular formula is C16H31N3O2S. The number of guanidine groups is 1. The molecule has 0 aliphatic carbocycles. The normalized spacial score (nSPS) is 32.2. The highest BCUT2D eigenvalue weighted by Gasteiger charge is 2.28. The molecule has 6 heteroatoms. The van der Waals surface area contributed by atoms with Crippen molar-refractivity contribution < 1.29 is 8.42 Å². The second-order valence-corrected chi connectivity index (χ2v) is 9.28. The van der Waals surface area contributed by atoms with Crippen LogP contribution >= 0.6 is 0 Å². The number of rotatable bonds is 4. The second kappa shape index (κ2) is 7.66. The van der Waals surface area contributed by atoms with E-state index in [1.165, 1.54) is 6.42 Å². The molecule has 2 rings (SSSR count). The van der Waals surface area contributed by atoms with E-state index in [2.05, 4.69) is 31.0 Å². The number of sulfone groups is 1. The van der Waals surface area contributed by atoms with E-state index in [4.69, 9.17) is 4.99 Å². The maximum absolute atomic E-state index is 11.6. The standard InChI is InChI=1S/C16H31N3O2S/c1-4-7-17-16(19-8-5-13(2)14(3)11-19)18-10-15-6-9-22(20,21)12-15/h13-15H,4-12H2,1-3H3,(H,17,18). The predicted octanol–water partition coefficient (Wildman–Crippen LogP) is 1.75. The minimum absolute atomic E-state index is 0.199. The summed E-state index contributed by atoms with van der Waals surface area (Å²) >= 11 is 0. The Balaban J connectivity index is 1.97. The summed E-state index contributed by atoms with van der Waals surface area (Å²) in [6.07, 6.45) is 3.03. The lowest BCUT2D eigenvalue weighted by Gasteiger charge is -2.37. The summed E-state index contributed by atoms with van der Waals surface area (Å²) in [5, 5.41) is 3.45. The number of hydrogen-bond acceptors (Lipinski definition) is 3. The van der Waals surface area contributed by atoms with Gasteiger partial charge in [0.2, 0.25) is 0 Å². The van der Waals surface area contributed by atoms with Crippen LogP contribution in [0.15, 0.2) is 4.99 Å². The van der Waals surface area contributed by atoms with Gasteiger partial charge in [0.25, 0.3) is 0 Å². The summed E-state index contributed by atoms with van der Waals surface area (Å²) in [5.74, 6) is 3.26. The molecule has 1 N–H and O–H groups in total. The summed E-state index contributed by atoms with van der Waals surface area (Å²) in [6.45, 7) is 10.4. The highest BCUT2D eigenvalue weighted by Crippen LogP contribution is 2.23. The van der Waals surface area contributed by atoms with Crippen LogP contribution in [0.2, 0.25) is 0 Å². The van der Waals surface area contributed by atoms with Gasteiger partial charge in [0.15, 0.2) is 15.8 Å². The van der Waals surface area contributed by atoms with Gasteiger partial charge in [0, 0.05) is 26.2 Å². The highest BCUT2D eigenvalue weighted by molar-refractivity contribution is 7.91. The fraction of sp³-hybridized carbons (Fsp3) is 0.938. The quantitative estimate of drug-likeness (QED) is 0.630. The van der Waals surface area contributed by atoms with E-state index in [-0.39, 0.29) is 5.92 Å². The summed E-state index contributed by atoms with van der Waals surface area (Å²) in [6, 6.07) is 0. The molecule has 0 aromatic rings. The van der Waals surface area contributed by atoms with Gasteiger partial charge in [-0.2, -0.15) is 0 Å². The van der Waals surface area contributed by atoms with E-state index in [0.717, 1.165) is 44.4 Å². The third kappa shape index (κ3) is 4.86. The summed E-state index contributed by atoms with van der Waals surface area (Å²) in [4.78, 5) is 7.11. The molecule has 0 amide bonds. The molecule has 3 atom stereocenters. The smallest absolute Gasteiger partial charge is 0.193 e.